The van der Waals surface area contributed by atoms with E-state index in [2.05, 4.69) is 106 Å². The maximum Gasteiger partial charge on any atom is 0.306 e. The standard InChI is InChI=1S/C59H100O6/c1-4-7-10-13-16-19-22-25-28-29-32-34-37-40-43-46-49-52-58(61)64-55-56(65-59(62)53-50-47-44-41-38-35-31-27-24-21-18-15-12-9-6-3)54-63-57(60)51-48-45-42-39-36-33-30-26-23-20-17-14-11-8-5-2/h8,11,17-18,20-21,25-28,30-31,38,41,56H,4-7,9-10,12-16,19,22-24,29,32-37,39-40,42-55H2,1-3H3/b11-8-,20-17-,21-18-,28-25-,30-26-,31-27-,41-38-/t56-/m1/s1. The summed E-state index contributed by atoms with van der Waals surface area (Å²) in [4.78, 5) is 38.0. The largest absolute Gasteiger partial charge is 0.462 e. The summed E-state index contributed by atoms with van der Waals surface area (Å²) in [7, 11) is 0. The molecule has 0 spiro atoms. The Bertz CT molecular complexity index is 1270. The number of rotatable bonds is 48. The first-order chi connectivity index (χ1) is 32.0. The lowest BCUT2D eigenvalue weighted by atomic mass is 10.1. The molecule has 372 valence electrons. The first-order valence-electron chi connectivity index (χ1n) is 27.1. The number of ether oxygens (including phenoxy) is 3. The zero-order chi connectivity index (χ0) is 47.2. The number of hydrogen-bond acceptors (Lipinski definition) is 6. The summed E-state index contributed by atoms with van der Waals surface area (Å²) in [6.07, 6.45) is 68.5. The van der Waals surface area contributed by atoms with Crippen LogP contribution >= 0.6 is 0 Å². The van der Waals surface area contributed by atoms with Gasteiger partial charge in [-0.05, 0) is 116 Å². The van der Waals surface area contributed by atoms with Crippen LogP contribution in [0.15, 0.2) is 85.1 Å². The molecule has 0 radical (unpaired) electrons. The van der Waals surface area contributed by atoms with Crippen molar-refractivity contribution in [1.82, 2.24) is 0 Å². The Morgan fingerprint density at radius 3 is 1.02 bits per heavy atom. The molecule has 0 aliphatic heterocycles. The third-order valence-corrected chi connectivity index (χ3v) is 11.4. The summed E-state index contributed by atoms with van der Waals surface area (Å²) in [6, 6.07) is 0. The van der Waals surface area contributed by atoms with E-state index >= 15 is 0 Å². The van der Waals surface area contributed by atoms with Gasteiger partial charge in [0, 0.05) is 19.3 Å². The average Bonchev–Trinajstić information content (AvgIpc) is 3.30. The summed E-state index contributed by atoms with van der Waals surface area (Å²) >= 11 is 0. The molecule has 0 aromatic heterocycles. The van der Waals surface area contributed by atoms with Crippen molar-refractivity contribution in [2.24, 2.45) is 0 Å². The van der Waals surface area contributed by atoms with Crippen molar-refractivity contribution in [1.29, 1.82) is 0 Å². The van der Waals surface area contributed by atoms with E-state index < -0.39 is 6.10 Å². The van der Waals surface area contributed by atoms with Crippen LogP contribution in [-0.2, 0) is 28.6 Å². The zero-order valence-electron chi connectivity index (χ0n) is 42.5. The fraction of sp³-hybridized carbons (Fsp3) is 0.712. The van der Waals surface area contributed by atoms with E-state index in [0.29, 0.717) is 19.3 Å². The van der Waals surface area contributed by atoms with Crippen LogP contribution < -0.4 is 0 Å². The summed E-state index contributed by atoms with van der Waals surface area (Å²) < 4.78 is 16.8. The molecule has 6 nitrogen and oxygen atoms in total. The van der Waals surface area contributed by atoms with E-state index in [4.69, 9.17) is 14.2 Å². The molecule has 0 N–H and O–H groups in total. The first kappa shape index (κ1) is 61.6. The van der Waals surface area contributed by atoms with Gasteiger partial charge in [-0.2, -0.15) is 0 Å². The highest BCUT2D eigenvalue weighted by Gasteiger charge is 2.19. The molecule has 0 aliphatic rings. The second-order valence-electron chi connectivity index (χ2n) is 17.7. The fourth-order valence-electron chi connectivity index (χ4n) is 7.28. The third kappa shape index (κ3) is 51.4. The third-order valence-electron chi connectivity index (χ3n) is 11.4. The Kier molecular flexibility index (Phi) is 50.4. The summed E-state index contributed by atoms with van der Waals surface area (Å²) in [5.41, 5.74) is 0. The molecular formula is C59H100O6. The number of allylic oxidation sites excluding steroid dienone is 14. The van der Waals surface area contributed by atoms with Crippen LogP contribution in [0.4, 0.5) is 0 Å². The van der Waals surface area contributed by atoms with Gasteiger partial charge >= 0.3 is 17.9 Å². The van der Waals surface area contributed by atoms with E-state index in [0.717, 1.165) is 103 Å². The Hall–Kier alpha value is -3.41. The summed E-state index contributed by atoms with van der Waals surface area (Å²) in [5.74, 6) is -0.959. The average molecular weight is 905 g/mol. The molecule has 0 amide bonds. The smallest absolute Gasteiger partial charge is 0.306 e. The van der Waals surface area contributed by atoms with Crippen molar-refractivity contribution >= 4 is 17.9 Å². The monoisotopic (exact) mass is 905 g/mol. The molecule has 65 heavy (non-hydrogen) atoms. The molecule has 1 atom stereocenters. The van der Waals surface area contributed by atoms with Gasteiger partial charge in [0.1, 0.15) is 13.2 Å². The topological polar surface area (TPSA) is 78.9 Å². The van der Waals surface area contributed by atoms with Crippen LogP contribution in [0.2, 0.25) is 0 Å². The molecule has 0 unspecified atom stereocenters. The maximum atomic E-state index is 12.8. The molecule has 0 heterocycles. The van der Waals surface area contributed by atoms with Crippen molar-refractivity contribution in [3.05, 3.63) is 85.1 Å². The molecule has 6 heteroatoms. The summed E-state index contributed by atoms with van der Waals surface area (Å²) in [5, 5.41) is 0. The van der Waals surface area contributed by atoms with Crippen LogP contribution in [0.5, 0.6) is 0 Å². The van der Waals surface area contributed by atoms with E-state index in [1.54, 1.807) is 0 Å². The predicted molar refractivity (Wildman–Crippen MR) is 279 cm³/mol. The number of esters is 3. The number of carbonyl (C=O) groups is 3. The van der Waals surface area contributed by atoms with Crippen molar-refractivity contribution in [2.75, 3.05) is 13.2 Å². The maximum absolute atomic E-state index is 12.8. The quantitative estimate of drug-likeness (QED) is 0.0262. The fourth-order valence-corrected chi connectivity index (χ4v) is 7.28. The molecule has 0 bridgehead atoms. The van der Waals surface area contributed by atoms with Crippen molar-refractivity contribution < 1.29 is 28.6 Å². The van der Waals surface area contributed by atoms with E-state index in [1.165, 1.54) is 103 Å². The minimum Gasteiger partial charge on any atom is -0.462 e. The molecule has 0 saturated heterocycles. The van der Waals surface area contributed by atoms with Gasteiger partial charge in [-0.15, -0.1) is 0 Å². The van der Waals surface area contributed by atoms with Crippen LogP contribution in [0.25, 0.3) is 0 Å². The molecule has 0 saturated carbocycles. The van der Waals surface area contributed by atoms with Gasteiger partial charge in [0.05, 0.1) is 0 Å². The molecule has 0 fully saturated rings. The minimum absolute atomic E-state index is 0.100. The molecule has 0 rings (SSSR count). The Balaban J connectivity index is 4.47. The zero-order valence-corrected chi connectivity index (χ0v) is 42.5. The Labute approximate surface area is 401 Å². The van der Waals surface area contributed by atoms with Gasteiger partial charge in [0.2, 0.25) is 0 Å². The number of carbonyl (C=O) groups excluding carboxylic acids is 3. The van der Waals surface area contributed by atoms with Crippen LogP contribution in [0, 0.1) is 0 Å². The van der Waals surface area contributed by atoms with Gasteiger partial charge in [0.25, 0.3) is 0 Å². The van der Waals surface area contributed by atoms with E-state index in [-0.39, 0.29) is 37.5 Å². The lowest BCUT2D eigenvalue weighted by Crippen LogP contribution is -2.30. The molecule has 0 aliphatic carbocycles. The van der Waals surface area contributed by atoms with Crippen molar-refractivity contribution in [3.63, 3.8) is 0 Å². The predicted octanol–water partition coefficient (Wildman–Crippen LogP) is 18.0. The highest BCUT2D eigenvalue weighted by Crippen LogP contribution is 2.14. The van der Waals surface area contributed by atoms with Crippen molar-refractivity contribution in [3.8, 4) is 0 Å². The normalized spacial score (nSPS) is 12.7. The minimum atomic E-state index is -0.805. The second-order valence-corrected chi connectivity index (χ2v) is 17.7. The number of hydrogen-bond donors (Lipinski definition) is 0. The van der Waals surface area contributed by atoms with Gasteiger partial charge in [0.15, 0.2) is 6.10 Å². The summed E-state index contributed by atoms with van der Waals surface area (Å²) in [6.45, 7) is 6.45. The van der Waals surface area contributed by atoms with E-state index in [1.807, 2.05) is 0 Å². The molecule has 0 aromatic carbocycles. The Morgan fingerprint density at radius 2 is 0.600 bits per heavy atom. The Morgan fingerprint density at radius 1 is 0.323 bits per heavy atom. The molecular weight excluding hydrogens is 805 g/mol. The SMILES string of the molecule is CC/C=C\C/C=C\C/C=C\CCCCCCCC(=O)OC[C@H](COC(=O)CCCCCCCCC/C=C\CCCCCCCC)OC(=O)CCCC/C=C\C/C=C\C/C=C\CCCCC. The van der Waals surface area contributed by atoms with Crippen LogP contribution in [0.1, 0.15) is 252 Å². The second kappa shape index (κ2) is 53.2. The van der Waals surface area contributed by atoms with Gasteiger partial charge in [-0.3, -0.25) is 14.4 Å². The van der Waals surface area contributed by atoms with Crippen LogP contribution in [0.3, 0.4) is 0 Å². The first-order valence-corrected chi connectivity index (χ1v) is 27.1. The van der Waals surface area contributed by atoms with Crippen LogP contribution in [-0.4, -0.2) is 37.2 Å². The number of unbranched alkanes of at least 4 members (excludes halogenated alkanes) is 23. The van der Waals surface area contributed by atoms with Gasteiger partial charge in [-0.1, -0.05) is 202 Å². The highest BCUT2D eigenvalue weighted by atomic mass is 16.6. The highest BCUT2D eigenvalue weighted by molar-refractivity contribution is 5.71. The van der Waals surface area contributed by atoms with Crippen molar-refractivity contribution in [2.45, 2.75) is 258 Å². The van der Waals surface area contributed by atoms with Gasteiger partial charge < -0.3 is 14.2 Å². The lowest BCUT2D eigenvalue weighted by molar-refractivity contribution is -0.167. The van der Waals surface area contributed by atoms with Gasteiger partial charge in [-0.25, -0.2) is 0 Å². The van der Waals surface area contributed by atoms with E-state index in [9.17, 15) is 14.4 Å². The lowest BCUT2D eigenvalue weighted by Gasteiger charge is -2.18. The molecule has 0 aromatic rings.